The average Bonchev–Trinajstić information content (AvgIpc) is 1.88. The highest BCUT2D eigenvalue weighted by Gasteiger charge is 1.88. The molecule has 0 saturated heterocycles. The largest absolute Gasteiger partial charge is 0.310 e. The van der Waals surface area contributed by atoms with Crippen LogP contribution in [0.1, 0.15) is 20.8 Å². The van der Waals surface area contributed by atoms with Gasteiger partial charge in [-0.2, -0.15) is 0 Å². The summed E-state index contributed by atoms with van der Waals surface area (Å²) in [4.78, 5) is 0. The molecule has 1 nitrogen and oxygen atoms in total. The van der Waals surface area contributed by atoms with Crippen LogP contribution >= 0.6 is 0 Å². The maximum atomic E-state index is 3.62. The molecule has 0 aromatic rings. The lowest BCUT2D eigenvalue weighted by atomic mass is 10.2. The fourth-order valence-electron chi connectivity index (χ4n) is 0.539. The van der Waals surface area contributed by atoms with Gasteiger partial charge in [-0.25, -0.2) is 0 Å². The summed E-state index contributed by atoms with van der Waals surface area (Å²) < 4.78 is 0. The molecule has 0 aromatic carbocycles. The quantitative estimate of drug-likeness (QED) is 0.464. The number of rotatable bonds is 4. The van der Waals surface area contributed by atoms with Gasteiger partial charge in [-0.05, 0) is 20.8 Å². The zero-order valence-electron chi connectivity index (χ0n) is 7.20. The Morgan fingerprint density at radius 3 is 2.40 bits per heavy atom. The number of hydrogen-bond donors (Lipinski definition) is 1. The van der Waals surface area contributed by atoms with Crippen molar-refractivity contribution in [3.8, 4) is 0 Å². The Kier molecular flexibility index (Phi) is 4.95. The van der Waals surface area contributed by atoms with E-state index in [2.05, 4.69) is 32.7 Å². The van der Waals surface area contributed by atoms with Gasteiger partial charge in [-0.3, -0.25) is 0 Å². The van der Waals surface area contributed by atoms with Crippen molar-refractivity contribution in [1.29, 1.82) is 0 Å². The molecule has 0 aromatic heterocycles. The Morgan fingerprint density at radius 2 is 2.00 bits per heavy atom. The smallest absolute Gasteiger partial charge is 0.0167 e. The van der Waals surface area contributed by atoms with Crippen LogP contribution in [-0.2, 0) is 0 Å². The maximum absolute atomic E-state index is 3.62. The first-order valence-corrected chi connectivity index (χ1v) is 3.63. The van der Waals surface area contributed by atoms with Gasteiger partial charge in [-0.1, -0.05) is 17.2 Å². The van der Waals surface area contributed by atoms with Crippen molar-refractivity contribution in [3.63, 3.8) is 0 Å². The van der Waals surface area contributed by atoms with Crippen LogP contribution in [0.2, 0.25) is 0 Å². The van der Waals surface area contributed by atoms with Crippen molar-refractivity contribution in [2.45, 2.75) is 20.8 Å². The van der Waals surface area contributed by atoms with Crippen molar-refractivity contribution in [2.24, 2.45) is 0 Å². The molecule has 1 N–H and O–H groups in total. The molecule has 0 aliphatic carbocycles. The minimum absolute atomic E-state index is 0.893. The van der Waals surface area contributed by atoms with E-state index in [9.17, 15) is 0 Å². The summed E-state index contributed by atoms with van der Waals surface area (Å²) in [6.07, 6.45) is 1.87. The predicted octanol–water partition coefficient (Wildman–Crippen LogP) is 2.12. The van der Waals surface area contributed by atoms with E-state index in [1.165, 1.54) is 11.1 Å². The second kappa shape index (κ2) is 5.24. The van der Waals surface area contributed by atoms with Crippen molar-refractivity contribution < 1.29 is 0 Å². The lowest BCUT2D eigenvalue weighted by Gasteiger charge is -2.03. The van der Waals surface area contributed by atoms with Gasteiger partial charge < -0.3 is 5.32 Å². The van der Waals surface area contributed by atoms with Gasteiger partial charge in [-0.15, -0.1) is 6.58 Å². The second-order valence-corrected chi connectivity index (χ2v) is 2.70. The summed E-state index contributed by atoms with van der Waals surface area (Å²) >= 11 is 0. The van der Waals surface area contributed by atoms with Crippen molar-refractivity contribution >= 4 is 0 Å². The molecule has 0 fully saturated rings. The normalized spacial score (nSPS) is 9.10. The van der Waals surface area contributed by atoms with Crippen LogP contribution in [0.25, 0.3) is 0 Å². The molecule has 0 unspecified atom stereocenters. The first-order valence-electron chi connectivity index (χ1n) is 3.63. The van der Waals surface area contributed by atoms with E-state index in [-0.39, 0.29) is 0 Å². The highest BCUT2D eigenvalue weighted by molar-refractivity contribution is 5.08. The third-order valence-electron chi connectivity index (χ3n) is 1.53. The summed E-state index contributed by atoms with van der Waals surface area (Å²) in [6, 6.07) is 0. The third kappa shape index (κ3) is 4.33. The molecule has 0 aliphatic heterocycles. The maximum Gasteiger partial charge on any atom is 0.0167 e. The first kappa shape index (κ1) is 9.44. The van der Waals surface area contributed by atoms with Crippen LogP contribution in [0.5, 0.6) is 0 Å². The van der Waals surface area contributed by atoms with Crippen LogP contribution in [-0.4, -0.2) is 13.1 Å². The van der Waals surface area contributed by atoms with E-state index in [4.69, 9.17) is 0 Å². The monoisotopic (exact) mass is 139 g/mol. The molecular weight excluding hydrogens is 122 g/mol. The minimum atomic E-state index is 0.893. The van der Waals surface area contributed by atoms with Crippen LogP contribution in [0, 0.1) is 0 Å². The third-order valence-corrected chi connectivity index (χ3v) is 1.53. The Bertz CT molecular complexity index is 130. The Labute approximate surface area is 63.8 Å². The van der Waals surface area contributed by atoms with Gasteiger partial charge >= 0.3 is 0 Å². The molecule has 0 radical (unpaired) electrons. The molecule has 1 heteroatoms. The number of hydrogen-bond acceptors (Lipinski definition) is 1. The molecule has 0 heterocycles. The minimum Gasteiger partial charge on any atom is -0.310 e. The van der Waals surface area contributed by atoms with Gasteiger partial charge in [0.1, 0.15) is 0 Å². The lowest BCUT2D eigenvalue weighted by Crippen LogP contribution is -2.16. The van der Waals surface area contributed by atoms with Crippen LogP contribution in [0.4, 0.5) is 0 Å². The van der Waals surface area contributed by atoms with E-state index in [1.807, 2.05) is 6.08 Å². The summed E-state index contributed by atoms with van der Waals surface area (Å²) in [7, 11) is 0. The van der Waals surface area contributed by atoms with Gasteiger partial charge in [0.05, 0.1) is 0 Å². The van der Waals surface area contributed by atoms with Crippen molar-refractivity contribution in [2.75, 3.05) is 13.1 Å². The molecule has 0 atom stereocenters. The fraction of sp³-hybridized carbons (Fsp3) is 0.556. The van der Waals surface area contributed by atoms with Crippen molar-refractivity contribution in [1.82, 2.24) is 5.32 Å². The Hall–Kier alpha value is -0.560. The van der Waals surface area contributed by atoms with E-state index < -0.39 is 0 Å². The summed E-state index contributed by atoms with van der Waals surface area (Å²) in [6.45, 7) is 11.9. The molecule has 0 saturated carbocycles. The molecule has 10 heavy (non-hydrogen) atoms. The van der Waals surface area contributed by atoms with Crippen LogP contribution in [0.3, 0.4) is 0 Å². The van der Waals surface area contributed by atoms with Gasteiger partial charge in [0.15, 0.2) is 0 Å². The highest BCUT2D eigenvalue weighted by Crippen LogP contribution is 1.98. The standard InChI is InChI=1S/C9H17N/c1-5-6-10-7-9(4)8(2)3/h5,10H,1,6-7H2,2-4H3. The molecular formula is C9H17N. The zero-order chi connectivity index (χ0) is 7.98. The average molecular weight is 139 g/mol. The van der Waals surface area contributed by atoms with Crippen molar-refractivity contribution in [3.05, 3.63) is 23.8 Å². The van der Waals surface area contributed by atoms with E-state index >= 15 is 0 Å². The topological polar surface area (TPSA) is 12.0 Å². The van der Waals surface area contributed by atoms with Gasteiger partial charge in [0, 0.05) is 13.1 Å². The Morgan fingerprint density at radius 1 is 1.40 bits per heavy atom. The zero-order valence-corrected chi connectivity index (χ0v) is 7.20. The molecule has 0 aliphatic rings. The van der Waals surface area contributed by atoms with Crippen LogP contribution in [0.15, 0.2) is 23.8 Å². The molecule has 0 spiro atoms. The molecule has 0 bridgehead atoms. The van der Waals surface area contributed by atoms with E-state index in [1.54, 1.807) is 0 Å². The summed E-state index contributed by atoms with van der Waals surface area (Å²) in [5.74, 6) is 0. The SMILES string of the molecule is C=CCNCC(C)=C(C)C. The van der Waals surface area contributed by atoms with E-state index in [0.717, 1.165) is 13.1 Å². The highest BCUT2D eigenvalue weighted by atomic mass is 14.8. The molecule has 0 amide bonds. The number of nitrogens with one attached hydrogen (secondary N) is 1. The first-order chi connectivity index (χ1) is 4.68. The Balaban J connectivity index is 3.49. The fourth-order valence-corrected chi connectivity index (χ4v) is 0.539. The summed E-state index contributed by atoms with van der Waals surface area (Å²) in [5.41, 5.74) is 2.82. The molecule has 0 rings (SSSR count). The molecule has 58 valence electrons. The van der Waals surface area contributed by atoms with Gasteiger partial charge in [0.2, 0.25) is 0 Å². The van der Waals surface area contributed by atoms with Crippen LogP contribution < -0.4 is 5.32 Å². The lowest BCUT2D eigenvalue weighted by molar-refractivity contribution is 0.808. The van der Waals surface area contributed by atoms with E-state index in [0.29, 0.717) is 0 Å². The number of allylic oxidation sites excluding steroid dienone is 1. The second-order valence-electron chi connectivity index (χ2n) is 2.70. The predicted molar refractivity (Wildman–Crippen MR) is 47.1 cm³/mol. The van der Waals surface area contributed by atoms with Gasteiger partial charge in [0.25, 0.3) is 0 Å². The summed E-state index contributed by atoms with van der Waals surface area (Å²) in [5, 5.41) is 3.24.